The highest BCUT2D eigenvalue weighted by molar-refractivity contribution is 7.47. The van der Waals surface area contributed by atoms with E-state index in [1.807, 2.05) is 0 Å². The molecule has 0 radical (unpaired) electrons. The number of rotatable bonds is 66. The fourth-order valence-electron chi connectivity index (χ4n) is 9.81. The lowest BCUT2D eigenvalue weighted by atomic mass is 10.0. The van der Waals surface area contributed by atoms with Gasteiger partial charge in [-0.3, -0.25) is 37.3 Å². The van der Waals surface area contributed by atoms with E-state index in [0.717, 1.165) is 109 Å². The van der Waals surface area contributed by atoms with Gasteiger partial charge < -0.3 is 33.8 Å². The Morgan fingerprint density at radius 1 is 0.286 bits per heavy atom. The van der Waals surface area contributed by atoms with Crippen molar-refractivity contribution in [2.24, 2.45) is 0 Å². The highest BCUT2D eigenvalue weighted by atomic mass is 31.2. The van der Waals surface area contributed by atoms with Crippen molar-refractivity contribution in [2.75, 3.05) is 39.6 Å². The van der Waals surface area contributed by atoms with Crippen molar-refractivity contribution in [2.45, 2.75) is 354 Å². The summed E-state index contributed by atoms with van der Waals surface area (Å²) in [7, 11) is -9.87. The Morgan fingerprint density at radius 2 is 0.476 bits per heavy atom. The molecule has 5 atom stereocenters. The second-order valence-corrected chi connectivity index (χ2v) is 26.4. The molecule has 0 aromatic carbocycles. The SMILES string of the molecule is CCCCCCCCCCCCCCCCCCCCCCC(=O)O[C@H](COC(=O)CCCCCCCCCCCCCC)COP(=O)(O)OC[C@@H](O)COP(=O)(O)OC[C@@H](COC(=O)CCCCCCC)OC(=O)CCCCCCCCC. The summed E-state index contributed by atoms with van der Waals surface area (Å²) in [4.78, 5) is 71.8. The molecule has 0 spiro atoms. The van der Waals surface area contributed by atoms with Gasteiger partial charge in [0.05, 0.1) is 26.4 Å². The molecule has 3 N–H and O–H groups in total. The minimum absolute atomic E-state index is 0.103. The van der Waals surface area contributed by atoms with Crippen LogP contribution in [0.2, 0.25) is 0 Å². The Morgan fingerprint density at radius 3 is 0.702 bits per heavy atom. The number of ether oxygens (including phenoxy) is 4. The molecule has 498 valence electrons. The molecule has 2 unspecified atom stereocenters. The zero-order valence-corrected chi connectivity index (χ0v) is 55.7. The molecule has 0 amide bonds. The maximum Gasteiger partial charge on any atom is 0.472 e. The first-order chi connectivity index (χ1) is 40.7. The average molecular weight is 1240 g/mol. The molecule has 0 heterocycles. The van der Waals surface area contributed by atoms with E-state index in [1.54, 1.807) is 0 Å². The van der Waals surface area contributed by atoms with Crippen LogP contribution in [0.15, 0.2) is 0 Å². The number of unbranched alkanes of at least 4 members (excludes halogenated alkanes) is 40. The molecular formula is C65H126O17P2. The standard InChI is InChI=1S/C65H126O17P2/c1-5-9-13-17-20-22-24-26-27-28-29-30-31-32-33-35-37-40-44-48-52-65(70)82-61(56-76-63(68)50-46-42-39-36-34-25-23-21-18-14-10-6-2)58-80-84(73,74)78-54-59(66)53-77-83(71,72)79-57-60(55-75-62(67)49-45-41-16-12-8-4)81-64(69)51-47-43-38-19-15-11-7-3/h59-61,66H,5-58H2,1-4H3,(H,71,72)(H,73,74)/t59-,60+,61+/m0/s1. The van der Waals surface area contributed by atoms with E-state index in [-0.39, 0.29) is 25.7 Å². The van der Waals surface area contributed by atoms with Crippen molar-refractivity contribution in [3.63, 3.8) is 0 Å². The van der Waals surface area contributed by atoms with Gasteiger partial charge in [-0.1, -0.05) is 285 Å². The van der Waals surface area contributed by atoms with Crippen molar-refractivity contribution in [1.82, 2.24) is 0 Å². The van der Waals surface area contributed by atoms with Crippen LogP contribution in [0.1, 0.15) is 336 Å². The van der Waals surface area contributed by atoms with Gasteiger partial charge in [-0.25, -0.2) is 9.13 Å². The van der Waals surface area contributed by atoms with Crippen molar-refractivity contribution >= 4 is 39.5 Å². The molecule has 0 aromatic rings. The number of phosphoric acid groups is 2. The normalized spacial score (nSPS) is 14.1. The van der Waals surface area contributed by atoms with Gasteiger partial charge in [0.15, 0.2) is 12.2 Å². The second-order valence-electron chi connectivity index (χ2n) is 23.5. The molecule has 0 fully saturated rings. The molecule has 0 aliphatic rings. The second kappa shape index (κ2) is 60.0. The number of aliphatic hydroxyl groups excluding tert-OH is 1. The third-order valence-corrected chi connectivity index (χ3v) is 17.0. The monoisotopic (exact) mass is 1240 g/mol. The van der Waals surface area contributed by atoms with Gasteiger partial charge in [0.25, 0.3) is 0 Å². The summed E-state index contributed by atoms with van der Waals surface area (Å²) in [5.41, 5.74) is 0. The van der Waals surface area contributed by atoms with Crippen LogP contribution in [0.25, 0.3) is 0 Å². The van der Waals surface area contributed by atoms with Gasteiger partial charge in [0.1, 0.15) is 19.3 Å². The fourth-order valence-corrected chi connectivity index (χ4v) is 11.4. The summed E-state index contributed by atoms with van der Waals surface area (Å²) in [6.45, 7) is 4.77. The first-order valence-corrected chi connectivity index (χ1v) is 37.3. The smallest absolute Gasteiger partial charge is 0.462 e. The van der Waals surface area contributed by atoms with E-state index in [1.165, 1.54) is 148 Å². The van der Waals surface area contributed by atoms with Crippen LogP contribution < -0.4 is 0 Å². The van der Waals surface area contributed by atoms with E-state index in [2.05, 4.69) is 27.7 Å². The lowest BCUT2D eigenvalue weighted by molar-refractivity contribution is -0.161. The number of phosphoric ester groups is 2. The fraction of sp³-hybridized carbons (Fsp3) is 0.938. The molecule has 0 aliphatic carbocycles. The van der Waals surface area contributed by atoms with Gasteiger partial charge in [0.2, 0.25) is 0 Å². The number of aliphatic hydroxyl groups is 1. The van der Waals surface area contributed by atoms with Crippen LogP contribution >= 0.6 is 15.6 Å². The Bertz CT molecular complexity index is 1620. The first kappa shape index (κ1) is 82.1. The molecule has 0 aliphatic heterocycles. The van der Waals surface area contributed by atoms with E-state index < -0.39 is 97.5 Å². The molecule has 0 rings (SSSR count). The lowest BCUT2D eigenvalue weighted by Gasteiger charge is -2.21. The summed E-state index contributed by atoms with van der Waals surface area (Å²) < 4.78 is 67.7. The predicted molar refractivity (Wildman–Crippen MR) is 335 cm³/mol. The number of esters is 4. The number of carbonyl (C=O) groups is 4. The van der Waals surface area contributed by atoms with Crippen LogP contribution in [-0.2, 0) is 65.4 Å². The summed E-state index contributed by atoms with van der Waals surface area (Å²) in [6.07, 6.45) is 46.5. The summed E-state index contributed by atoms with van der Waals surface area (Å²) >= 11 is 0. The summed E-state index contributed by atoms with van der Waals surface area (Å²) in [5, 5.41) is 10.5. The predicted octanol–water partition coefficient (Wildman–Crippen LogP) is 18.3. The topological polar surface area (TPSA) is 237 Å². The Balaban J connectivity index is 5.08. The Labute approximate surface area is 511 Å². The van der Waals surface area contributed by atoms with Crippen LogP contribution in [0.3, 0.4) is 0 Å². The van der Waals surface area contributed by atoms with Gasteiger partial charge in [-0.05, 0) is 25.7 Å². The Kier molecular flexibility index (Phi) is 58.6. The van der Waals surface area contributed by atoms with Crippen LogP contribution in [0.5, 0.6) is 0 Å². The quantitative estimate of drug-likeness (QED) is 0.0222. The van der Waals surface area contributed by atoms with Crippen molar-refractivity contribution < 1.29 is 80.2 Å². The average Bonchev–Trinajstić information content (AvgIpc) is 3.50. The van der Waals surface area contributed by atoms with Gasteiger partial charge in [-0.2, -0.15) is 0 Å². The molecule has 0 saturated heterocycles. The largest absolute Gasteiger partial charge is 0.472 e. The van der Waals surface area contributed by atoms with E-state index in [4.69, 9.17) is 37.0 Å². The van der Waals surface area contributed by atoms with E-state index >= 15 is 0 Å². The lowest BCUT2D eigenvalue weighted by Crippen LogP contribution is -2.30. The van der Waals surface area contributed by atoms with E-state index in [0.29, 0.717) is 25.7 Å². The molecule has 0 bridgehead atoms. The van der Waals surface area contributed by atoms with Crippen LogP contribution in [0.4, 0.5) is 0 Å². The van der Waals surface area contributed by atoms with Crippen molar-refractivity contribution in [1.29, 1.82) is 0 Å². The zero-order chi connectivity index (χ0) is 61.9. The Hall–Kier alpha value is -1.94. The highest BCUT2D eigenvalue weighted by Gasteiger charge is 2.30. The molecule has 84 heavy (non-hydrogen) atoms. The number of hydrogen-bond donors (Lipinski definition) is 3. The molecule has 17 nitrogen and oxygen atoms in total. The van der Waals surface area contributed by atoms with Crippen LogP contribution in [0, 0.1) is 0 Å². The maximum absolute atomic E-state index is 13.0. The van der Waals surface area contributed by atoms with Gasteiger partial charge in [0, 0.05) is 25.7 Å². The van der Waals surface area contributed by atoms with Gasteiger partial charge >= 0.3 is 39.5 Å². The van der Waals surface area contributed by atoms with Crippen molar-refractivity contribution in [3.05, 3.63) is 0 Å². The minimum Gasteiger partial charge on any atom is -0.462 e. The zero-order valence-electron chi connectivity index (χ0n) is 53.9. The van der Waals surface area contributed by atoms with Crippen molar-refractivity contribution in [3.8, 4) is 0 Å². The van der Waals surface area contributed by atoms with Crippen LogP contribution in [-0.4, -0.2) is 96.7 Å². The number of carbonyl (C=O) groups excluding carboxylic acids is 4. The molecular weight excluding hydrogens is 1110 g/mol. The maximum atomic E-state index is 13.0. The highest BCUT2D eigenvalue weighted by Crippen LogP contribution is 2.45. The third kappa shape index (κ3) is 59.0. The van der Waals surface area contributed by atoms with E-state index in [9.17, 15) is 43.2 Å². The third-order valence-electron chi connectivity index (χ3n) is 15.1. The molecule has 19 heteroatoms. The molecule has 0 saturated carbocycles. The first-order valence-electron chi connectivity index (χ1n) is 34.3. The summed E-state index contributed by atoms with van der Waals surface area (Å²) in [5.74, 6) is -2.15. The minimum atomic E-state index is -4.94. The van der Waals surface area contributed by atoms with Gasteiger partial charge in [-0.15, -0.1) is 0 Å². The number of hydrogen-bond acceptors (Lipinski definition) is 15. The molecule has 0 aromatic heterocycles. The summed E-state index contributed by atoms with van der Waals surface area (Å²) in [6, 6.07) is 0.